The molecule has 0 spiro atoms. The number of ether oxygens (including phenoxy) is 4. The molecule has 8 rings (SSSR count). The summed E-state index contributed by atoms with van der Waals surface area (Å²) < 4.78 is 111. The van der Waals surface area contributed by atoms with E-state index in [1.807, 2.05) is 102 Å². The average molecular weight is 1380 g/mol. The smallest absolute Gasteiger partial charge is 0.416 e. The molecule has 0 aliphatic carbocycles. The van der Waals surface area contributed by atoms with Crippen molar-refractivity contribution >= 4 is 75.3 Å². The zero-order valence-corrected chi connectivity index (χ0v) is 55.7. The van der Waals surface area contributed by atoms with Crippen molar-refractivity contribution in [1.29, 1.82) is 0 Å². The van der Waals surface area contributed by atoms with Crippen LogP contribution in [0.5, 0.6) is 0 Å². The Labute approximate surface area is 545 Å². The number of piperidine rings is 2. The fourth-order valence-electron chi connectivity index (χ4n) is 10.8. The first-order valence-electron chi connectivity index (χ1n) is 30.0. The highest BCUT2D eigenvalue weighted by Crippen LogP contribution is 2.38. The van der Waals surface area contributed by atoms with E-state index in [0.29, 0.717) is 49.4 Å². The molecule has 0 unspecified atom stereocenters. The van der Waals surface area contributed by atoms with E-state index >= 15 is 0 Å². The molecule has 4 aromatic carbocycles. The molecule has 6 aromatic rings. The fraction of sp³-hybridized carbons (Fsp3) is 0.485. The standard InChI is InChI=1S/C33H39ClF3N3O5.C25H35N3O5.C8H5BrClF3/c1-6-25-17-26(18-27(15-21-11-9-8-10-12-21)40(25)31(42)45-32(3,4)5)39(30-38-28(20-44-30)29(41)43-7-2)19-22-13-23(33(35,36)37)16-24(34)14-22;1-6-19-14-18(26-23-27-21(16-32-23)22(29)31-7-2)15-20(13-17-11-9-8-10-12-17)28(19)24(30)33-25(3,4)5;9-4-5-1-6(8(11,12)13)3-7(10)2-5/h8-14,16,20,25-27H,6-7,15,17-19H2,1-5H3;8-12,16,18-20H,6-7,13-15H2,1-5H3,(H,26,27);1-3H,4H2/t25-,26+,27+;18-,19+,20-;/m10./s1. The summed E-state index contributed by atoms with van der Waals surface area (Å²) in [5.74, 6) is -1.19. The quantitative estimate of drug-likeness (QED) is 0.0394. The number of likely N-dealkylation sites (tertiary alicyclic amines) is 2. The Morgan fingerprint density at radius 1 is 0.593 bits per heavy atom. The Balaban J connectivity index is 0.000000249. The van der Waals surface area contributed by atoms with Crippen LogP contribution in [0.25, 0.3) is 0 Å². The second-order valence-corrected chi connectivity index (χ2v) is 25.4. The number of nitrogens with one attached hydrogen (secondary N) is 1. The van der Waals surface area contributed by atoms with Gasteiger partial charge in [0.05, 0.1) is 24.3 Å². The minimum Gasteiger partial charge on any atom is -0.461 e. The number of hydrogen-bond acceptors (Lipinski definition) is 14. The van der Waals surface area contributed by atoms with E-state index in [9.17, 15) is 45.5 Å². The largest absolute Gasteiger partial charge is 0.461 e. The monoisotopic (exact) mass is 1380 g/mol. The predicted molar refractivity (Wildman–Crippen MR) is 338 cm³/mol. The lowest BCUT2D eigenvalue weighted by Crippen LogP contribution is -2.58. The maximum atomic E-state index is 13.7. The highest BCUT2D eigenvalue weighted by atomic mass is 79.9. The van der Waals surface area contributed by atoms with Crippen LogP contribution in [0.4, 0.5) is 48.0 Å². The van der Waals surface area contributed by atoms with Gasteiger partial charge < -0.3 is 47.8 Å². The average Bonchev–Trinajstić information content (AvgIpc) is 1.84. The van der Waals surface area contributed by atoms with Crippen LogP contribution in [0.15, 0.2) is 118 Å². The summed E-state index contributed by atoms with van der Waals surface area (Å²) >= 11 is 14.7. The first-order chi connectivity index (χ1) is 42.8. The van der Waals surface area contributed by atoms with Crippen LogP contribution < -0.4 is 10.2 Å². The van der Waals surface area contributed by atoms with Gasteiger partial charge in [-0.3, -0.25) is 0 Å². The molecule has 25 heteroatoms. The van der Waals surface area contributed by atoms with Gasteiger partial charge in [0.15, 0.2) is 11.4 Å². The number of oxazole rings is 2. The Morgan fingerprint density at radius 2 is 1.02 bits per heavy atom. The van der Waals surface area contributed by atoms with Crippen molar-refractivity contribution in [2.24, 2.45) is 0 Å². The summed E-state index contributed by atoms with van der Waals surface area (Å²) in [7, 11) is 0. The lowest BCUT2D eigenvalue weighted by molar-refractivity contribution is -0.138. The zero-order chi connectivity index (χ0) is 67.0. The molecule has 2 aliphatic rings. The molecular formula is C66H79BrCl2F6N6O10. The number of alkyl halides is 7. The van der Waals surface area contributed by atoms with Gasteiger partial charge in [-0.25, -0.2) is 19.2 Å². The number of esters is 2. The molecule has 0 saturated carbocycles. The van der Waals surface area contributed by atoms with Crippen LogP contribution in [-0.4, -0.2) is 105 Å². The Bertz CT molecular complexity index is 3330. The fourth-order valence-corrected chi connectivity index (χ4v) is 11.7. The Kier molecular flexibility index (Phi) is 26.1. The molecule has 2 aliphatic heterocycles. The molecule has 2 aromatic heterocycles. The third kappa shape index (κ3) is 22.1. The van der Waals surface area contributed by atoms with Gasteiger partial charge >= 0.3 is 36.5 Å². The number of benzene rings is 4. The number of amides is 2. The molecule has 2 fully saturated rings. The van der Waals surface area contributed by atoms with E-state index in [-0.39, 0.29) is 101 Å². The summed E-state index contributed by atoms with van der Waals surface area (Å²) in [5, 5.41) is 3.72. The minimum atomic E-state index is -4.60. The number of aromatic nitrogens is 2. The second kappa shape index (κ2) is 32.5. The molecule has 16 nitrogen and oxygen atoms in total. The van der Waals surface area contributed by atoms with Crippen LogP contribution in [0, 0.1) is 0 Å². The summed E-state index contributed by atoms with van der Waals surface area (Å²) in [4.78, 5) is 65.2. The normalized spacial score (nSPS) is 18.6. The number of anilines is 2. The number of carbonyl (C=O) groups excluding carboxylic acids is 4. The van der Waals surface area contributed by atoms with Gasteiger partial charge in [-0.15, -0.1) is 0 Å². The highest BCUT2D eigenvalue weighted by molar-refractivity contribution is 9.08. The van der Waals surface area contributed by atoms with Gasteiger partial charge in [0, 0.05) is 58.2 Å². The van der Waals surface area contributed by atoms with Crippen LogP contribution >= 0.6 is 39.1 Å². The van der Waals surface area contributed by atoms with Crippen molar-refractivity contribution < 1.29 is 73.3 Å². The van der Waals surface area contributed by atoms with Gasteiger partial charge in [0.25, 0.3) is 12.0 Å². The van der Waals surface area contributed by atoms with Crippen molar-refractivity contribution in [2.45, 2.75) is 192 Å². The molecule has 496 valence electrons. The molecule has 4 heterocycles. The van der Waals surface area contributed by atoms with Crippen molar-refractivity contribution in [1.82, 2.24) is 19.8 Å². The number of carbonyl (C=O) groups is 4. The maximum absolute atomic E-state index is 13.7. The number of rotatable bonds is 17. The van der Waals surface area contributed by atoms with Crippen molar-refractivity contribution in [2.75, 3.05) is 23.4 Å². The van der Waals surface area contributed by atoms with E-state index in [1.54, 1.807) is 23.6 Å². The highest BCUT2D eigenvalue weighted by Gasteiger charge is 2.44. The summed E-state index contributed by atoms with van der Waals surface area (Å²) in [6, 6.07) is 26.1. The first-order valence-corrected chi connectivity index (χ1v) is 31.9. The van der Waals surface area contributed by atoms with E-state index in [1.165, 1.54) is 24.7 Å². The molecule has 6 atom stereocenters. The summed E-state index contributed by atoms with van der Waals surface area (Å²) in [6.45, 7) is 18.9. The summed E-state index contributed by atoms with van der Waals surface area (Å²) in [5.41, 5.74) is 0.190. The van der Waals surface area contributed by atoms with Crippen LogP contribution in [-0.2, 0) is 56.0 Å². The second-order valence-electron chi connectivity index (χ2n) is 24.0. The third-order valence-corrected chi connectivity index (χ3v) is 15.7. The molecular weight excluding hydrogens is 1300 g/mol. The van der Waals surface area contributed by atoms with E-state index in [2.05, 4.69) is 50.3 Å². The van der Waals surface area contributed by atoms with Gasteiger partial charge in [-0.05, 0) is 165 Å². The minimum absolute atomic E-state index is 0.000647. The Hall–Kier alpha value is -6.98. The van der Waals surface area contributed by atoms with E-state index < -0.39 is 52.7 Å². The van der Waals surface area contributed by atoms with E-state index in [4.69, 9.17) is 51.0 Å². The van der Waals surface area contributed by atoms with Crippen LogP contribution in [0.1, 0.15) is 162 Å². The third-order valence-electron chi connectivity index (χ3n) is 14.6. The van der Waals surface area contributed by atoms with Crippen molar-refractivity contribution in [3.63, 3.8) is 0 Å². The van der Waals surface area contributed by atoms with Gasteiger partial charge in [-0.1, -0.05) is 114 Å². The number of hydrogen-bond donors (Lipinski definition) is 1. The van der Waals surface area contributed by atoms with Crippen LogP contribution in [0.3, 0.4) is 0 Å². The lowest BCUT2D eigenvalue weighted by Gasteiger charge is -2.48. The molecule has 91 heavy (non-hydrogen) atoms. The van der Waals surface area contributed by atoms with Gasteiger partial charge in [0.1, 0.15) is 23.7 Å². The Morgan fingerprint density at radius 3 is 1.48 bits per heavy atom. The van der Waals surface area contributed by atoms with Crippen molar-refractivity contribution in [3.8, 4) is 0 Å². The molecule has 0 bridgehead atoms. The lowest BCUT2D eigenvalue weighted by atomic mass is 9.86. The van der Waals surface area contributed by atoms with Crippen LogP contribution in [0.2, 0.25) is 10.0 Å². The maximum Gasteiger partial charge on any atom is 0.416 e. The molecule has 0 radical (unpaired) electrons. The van der Waals surface area contributed by atoms with Gasteiger partial charge in [0.2, 0.25) is 0 Å². The molecule has 1 N–H and O–H groups in total. The SMILES string of the molecule is CCOC(=O)c1coc(N(Cc2cc(Cl)cc(C(F)(F)F)c2)[C@H]2C[C@@H](CC)N(C(=O)OC(C)(C)C)[C@@H](Cc3ccccc3)C2)n1.CCOC(=O)c1coc(N[C@H]2C[C@@H](CC)N(C(=O)OC(C)(C)C)[C@@H](Cc3ccccc3)C2)n1.FC(F)(F)c1cc(Cl)cc(CBr)c1. The first kappa shape index (κ1) is 73.1. The summed E-state index contributed by atoms with van der Waals surface area (Å²) in [6.07, 6.45) is -2.24. The topological polar surface area (TPSA) is 179 Å². The van der Waals surface area contributed by atoms with Crippen molar-refractivity contribution in [3.05, 3.63) is 164 Å². The zero-order valence-electron chi connectivity index (χ0n) is 52.6. The van der Waals surface area contributed by atoms with E-state index in [0.717, 1.165) is 48.2 Å². The number of halogens is 9. The molecule has 2 saturated heterocycles. The predicted octanol–water partition coefficient (Wildman–Crippen LogP) is 17.6. The molecule has 2 amide bonds. The van der Waals surface area contributed by atoms with Gasteiger partial charge in [-0.2, -0.15) is 36.3 Å². The number of nitrogens with zero attached hydrogens (tertiary/aromatic N) is 5.